The van der Waals surface area contributed by atoms with Gasteiger partial charge >= 0.3 is 0 Å². The molecule has 1 saturated heterocycles. The number of nitrogens with one attached hydrogen (secondary N) is 2. The van der Waals surface area contributed by atoms with Crippen LogP contribution in [0.15, 0.2) is 4.99 Å². The first kappa shape index (κ1) is 19.3. The molecule has 0 aromatic heterocycles. The van der Waals surface area contributed by atoms with Gasteiger partial charge in [-0.25, -0.2) is 0 Å². The van der Waals surface area contributed by atoms with Crippen LogP contribution < -0.4 is 10.6 Å². The van der Waals surface area contributed by atoms with E-state index in [0.29, 0.717) is 6.04 Å². The summed E-state index contributed by atoms with van der Waals surface area (Å²) < 4.78 is 0. The van der Waals surface area contributed by atoms with Gasteiger partial charge in [-0.15, -0.1) is 0 Å². The van der Waals surface area contributed by atoms with E-state index >= 15 is 0 Å². The summed E-state index contributed by atoms with van der Waals surface area (Å²) in [5, 5.41) is 7.00. The number of likely N-dealkylation sites (tertiary alicyclic amines) is 1. The Hall–Kier alpha value is -0.770. The third-order valence-corrected chi connectivity index (χ3v) is 4.85. The van der Waals surface area contributed by atoms with Gasteiger partial charge in [0.15, 0.2) is 5.96 Å². The molecule has 1 rings (SSSR count). The Kier molecular flexibility index (Phi) is 10.3. The molecule has 0 aromatic rings. The average molecular weight is 311 g/mol. The molecule has 130 valence electrons. The number of piperidine rings is 1. The molecule has 0 spiro atoms. The van der Waals surface area contributed by atoms with E-state index in [1.807, 2.05) is 7.05 Å². The molecule has 1 atom stereocenters. The SMILES string of the molecule is CCCCCC(C)NC(=NC)NCCC1CCN(CC)CC1. The summed E-state index contributed by atoms with van der Waals surface area (Å²) in [6.45, 7) is 11.6. The molecule has 0 aromatic carbocycles. The molecule has 0 aliphatic carbocycles. The van der Waals surface area contributed by atoms with Crippen LogP contribution in [0.4, 0.5) is 0 Å². The van der Waals surface area contributed by atoms with E-state index in [2.05, 4.69) is 41.3 Å². The number of unbranched alkanes of at least 4 members (excludes halogenated alkanes) is 2. The van der Waals surface area contributed by atoms with Gasteiger partial charge in [0.2, 0.25) is 0 Å². The van der Waals surface area contributed by atoms with Crippen molar-refractivity contribution in [2.75, 3.05) is 33.2 Å². The smallest absolute Gasteiger partial charge is 0.191 e. The van der Waals surface area contributed by atoms with Gasteiger partial charge in [0.1, 0.15) is 0 Å². The van der Waals surface area contributed by atoms with Crippen molar-refractivity contribution in [1.82, 2.24) is 15.5 Å². The van der Waals surface area contributed by atoms with E-state index in [1.54, 1.807) is 0 Å². The molecular weight excluding hydrogens is 272 g/mol. The standard InChI is InChI=1S/C18H38N4/c1-5-7-8-9-16(3)21-18(19-4)20-13-10-17-11-14-22(6-2)15-12-17/h16-17H,5-15H2,1-4H3,(H2,19,20,21). The van der Waals surface area contributed by atoms with Gasteiger partial charge in [-0.2, -0.15) is 0 Å². The van der Waals surface area contributed by atoms with Crippen LogP contribution in [0.5, 0.6) is 0 Å². The van der Waals surface area contributed by atoms with E-state index in [1.165, 1.54) is 64.6 Å². The van der Waals surface area contributed by atoms with Crippen molar-refractivity contribution in [3.8, 4) is 0 Å². The van der Waals surface area contributed by atoms with Crippen molar-refractivity contribution in [3.63, 3.8) is 0 Å². The maximum atomic E-state index is 4.35. The summed E-state index contributed by atoms with van der Waals surface area (Å²) in [4.78, 5) is 6.91. The second-order valence-electron chi connectivity index (χ2n) is 6.71. The van der Waals surface area contributed by atoms with Crippen LogP contribution in [0.3, 0.4) is 0 Å². The second-order valence-corrected chi connectivity index (χ2v) is 6.71. The van der Waals surface area contributed by atoms with E-state index in [9.17, 15) is 0 Å². The monoisotopic (exact) mass is 310 g/mol. The predicted molar refractivity (Wildman–Crippen MR) is 97.6 cm³/mol. The lowest BCUT2D eigenvalue weighted by Crippen LogP contribution is -2.43. The molecule has 0 amide bonds. The summed E-state index contributed by atoms with van der Waals surface area (Å²) in [7, 11) is 1.87. The van der Waals surface area contributed by atoms with Crippen LogP contribution >= 0.6 is 0 Å². The van der Waals surface area contributed by atoms with Gasteiger partial charge in [-0.3, -0.25) is 4.99 Å². The van der Waals surface area contributed by atoms with Crippen LogP contribution in [-0.2, 0) is 0 Å². The minimum Gasteiger partial charge on any atom is -0.356 e. The van der Waals surface area contributed by atoms with E-state index in [-0.39, 0.29) is 0 Å². The van der Waals surface area contributed by atoms with Crippen LogP contribution in [0.2, 0.25) is 0 Å². The van der Waals surface area contributed by atoms with Crippen LogP contribution in [0.25, 0.3) is 0 Å². The molecule has 1 heterocycles. The Balaban J connectivity index is 2.13. The number of rotatable bonds is 9. The fourth-order valence-corrected chi connectivity index (χ4v) is 3.19. The highest BCUT2D eigenvalue weighted by Crippen LogP contribution is 2.19. The van der Waals surface area contributed by atoms with Crippen molar-refractivity contribution >= 4 is 5.96 Å². The molecule has 1 aliphatic heterocycles. The maximum Gasteiger partial charge on any atom is 0.191 e. The first-order valence-corrected chi connectivity index (χ1v) is 9.39. The molecule has 4 nitrogen and oxygen atoms in total. The Morgan fingerprint density at radius 3 is 2.55 bits per heavy atom. The van der Waals surface area contributed by atoms with E-state index in [0.717, 1.165) is 18.4 Å². The Labute approximate surface area is 138 Å². The van der Waals surface area contributed by atoms with Crippen LogP contribution in [-0.4, -0.2) is 50.1 Å². The highest BCUT2D eigenvalue weighted by molar-refractivity contribution is 5.79. The molecule has 0 bridgehead atoms. The van der Waals surface area contributed by atoms with Gasteiger partial charge in [-0.1, -0.05) is 33.1 Å². The largest absolute Gasteiger partial charge is 0.356 e. The predicted octanol–water partition coefficient (Wildman–Crippen LogP) is 3.24. The third kappa shape index (κ3) is 8.02. The highest BCUT2D eigenvalue weighted by atomic mass is 15.2. The first-order chi connectivity index (χ1) is 10.7. The van der Waals surface area contributed by atoms with Gasteiger partial charge in [-0.05, 0) is 58.2 Å². The molecular formula is C18H38N4. The minimum absolute atomic E-state index is 0.505. The van der Waals surface area contributed by atoms with Crippen LogP contribution in [0.1, 0.15) is 65.7 Å². The molecule has 1 fully saturated rings. The van der Waals surface area contributed by atoms with Crippen molar-refractivity contribution in [1.29, 1.82) is 0 Å². The summed E-state index contributed by atoms with van der Waals surface area (Å²) in [5.74, 6) is 1.85. The minimum atomic E-state index is 0.505. The molecule has 0 saturated carbocycles. The Bertz CT molecular complexity index is 295. The lowest BCUT2D eigenvalue weighted by Gasteiger charge is -2.31. The Morgan fingerprint density at radius 2 is 1.95 bits per heavy atom. The number of guanidine groups is 1. The lowest BCUT2D eigenvalue weighted by atomic mass is 9.93. The quantitative estimate of drug-likeness (QED) is 0.390. The van der Waals surface area contributed by atoms with E-state index < -0.39 is 0 Å². The van der Waals surface area contributed by atoms with Gasteiger partial charge in [0, 0.05) is 19.6 Å². The van der Waals surface area contributed by atoms with Crippen LogP contribution in [0, 0.1) is 5.92 Å². The van der Waals surface area contributed by atoms with E-state index in [4.69, 9.17) is 0 Å². The number of nitrogens with zero attached hydrogens (tertiary/aromatic N) is 2. The normalized spacial score (nSPS) is 19.2. The number of hydrogen-bond donors (Lipinski definition) is 2. The summed E-state index contributed by atoms with van der Waals surface area (Å²) in [6.07, 6.45) is 9.12. The summed E-state index contributed by atoms with van der Waals surface area (Å²) in [6, 6.07) is 0.505. The van der Waals surface area contributed by atoms with Gasteiger partial charge < -0.3 is 15.5 Å². The third-order valence-electron chi connectivity index (χ3n) is 4.85. The second kappa shape index (κ2) is 11.8. The number of aliphatic imine (C=N–C) groups is 1. The van der Waals surface area contributed by atoms with Gasteiger partial charge in [0.05, 0.1) is 0 Å². The maximum absolute atomic E-state index is 4.35. The van der Waals surface area contributed by atoms with Crippen molar-refractivity contribution in [2.24, 2.45) is 10.9 Å². The topological polar surface area (TPSA) is 39.7 Å². The average Bonchev–Trinajstić information content (AvgIpc) is 2.54. The zero-order valence-electron chi connectivity index (χ0n) is 15.3. The molecule has 4 heteroatoms. The summed E-state index contributed by atoms with van der Waals surface area (Å²) >= 11 is 0. The molecule has 0 radical (unpaired) electrons. The molecule has 1 aliphatic rings. The fraction of sp³-hybridized carbons (Fsp3) is 0.944. The van der Waals surface area contributed by atoms with Crippen molar-refractivity contribution in [3.05, 3.63) is 0 Å². The zero-order valence-corrected chi connectivity index (χ0v) is 15.3. The molecule has 1 unspecified atom stereocenters. The van der Waals surface area contributed by atoms with Crippen molar-refractivity contribution in [2.45, 2.75) is 71.8 Å². The lowest BCUT2D eigenvalue weighted by molar-refractivity contribution is 0.187. The van der Waals surface area contributed by atoms with Crippen molar-refractivity contribution < 1.29 is 0 Å². The number of hydrogen-bond acceptors (Lipinski definition) is 2. The Morgan fingerprint density at radius 1 is 1.23 bits per heavy atom. The molecule has 2 N–H and O–H groups in total. The highest BCUT2D eigenvalue weighted by Gasteiger charge is 2.17. The zero-order chi connectivity index (χ0) is 16.2. The van der Waals surface area contributed by atoms with Gasteiger partial charge in [0.25, 0.3) is 0 Å². The summed E-state index contributed by atoms with van der Waals surface area (Å²) in [5.41, 5.74) is 0. The first-order valence-electron chi connectivity index (χ1n) is 9.39. The molecule has 22 heavy (non-hydrogen) atoms. The fourth-order valence-electron chi connectivity index (χ4n) is 3.19.